The fourth-order valence-corrected chi connectivity index (χ4v) is 7.18. The molecule has 0 saturated heterocycles. The molecule has 0 aromatic heterocycles. The van der Waals surface area contributed by atoms with Gasteiger partial charge < -0.3 is 0 Å². The quantitative estimate of drug-likeness (QED) is 0.351. The first-order valence-electron chi connectivity index (χ1n) is 7.99. The van der Waals surface area contributed by atoms with Crippen molar-refractivity contribution in [3.63, 3.8) is 0 Å². The number of rotatable bonds is 10. The first kappa shape index (κ1) is 18.2. The van der Waals surface area contributed by atoms with Crippen molar-refractivity contribution in [1.82, 2.24) is 0 Å². The highest BCUT2D eigenvalue weighted by Crippen LogP contribution is 2.56. The van der Waals surface area contributed by atoms with Crippen molar-refractivity contribution < 1.29 is 12.6 Å². The summed E-state index contributed by atoms with van der Waals surface area (Å²) >= 11 is 0. The van der Waals surface area contributed by atoms with Crippen LogP contribution in [0.25, 0.3) is 0 Å². The third-order valence-electron chi connectivity index (χ3n) is 4.45. The number of unbranched alkanes of at least 4 members (excludes halogenated alkanes) is 4. The van der Waals surface area contributed by atoms with Gasteiger partial charge in [0.15, 0.2) is 0 Å². The van der Waals surface area contributed by atoms with E-state index >= 15 is 0 Å². The predicted octanol–water partition coefficient (Wildman–Crippen LogP) is 3.64. The fourth-order valence-electron chi connectivity index (χ4n) is 3.14. The highest BCUT2D eigenvalue weighted by molar-refractivity contribution is 7.86. The monoisotopic (exact) mass is 320 g/mol. The minimum absolute atomic E-state index is 0.317. The Morgan fingerprint density at radius 3 is 2.40 bits per heavy atom. The van der Waals surface area contributed by atoms with Crippen molar-refractivity contribution in [3.8, 4) is 0 Å². The van der Waals surface area contributed by atoms with Crippen LogP contribution in [0.4, 0.5) is 0 Å². The molecule has 1 aliphatic rings. The van der Waals surface area contributed by atoms with Crippen LogP contribution in [-0.2, 0) is 14.3 Å². The maximum absolute atomic E-state index is 11.3. The molecule has 1 fully saturated rings. The van der Waals surface area contributed by atoms with Crippen LogP contribution in [0.15, 0.2) is 0 Å². The lowest BCUT2D eigenvalue weighted by molar-refractivity contribution is 0.210. The summed E-state index contributed by atoms with van der Waals surface area (Å²) in [6.07, 6.45) is 10.0. The Balaban J connectivity index is 2.30. The van der Waals surface area contributed by atoms with Gasteiger partial charge in [-0.15, -0.1) is 0 Å². The van der Waals surface area contributed by atoms with Gasteiger partial charge in [-0.25, -0.2) is 0 Å². The molecule has 0 heterocycles. The van der Waals surface area contributed by atoms with E-state index in [2.05, 4.69) is 20.8 Å². The zero-order valence-corrected chi connectivity index (χ0v) is 16.1. The zero-order valence-electron chi connectivity index (χ0n) is 13.9. The molecule has 0 aliphatic heterocycles. The van der Waals surface area contributed by atoms with Gasteiger partial charge in [-0.1, -0.05) is 59.3 Å². The average molecular weight is 321 g/mol. The Kier molecular flexibility index (Phi) is 6.29. The van der Waals surface area contributed by atoms with Crippen LogP contribution in [-0.4, -0.2) is 29.8 Å². The maximum Gasteiger partial charge on any atom is 0.264 e. The Labute approximate surface area is 127 Å². The van der Waals surface area contributed by atoms with Crippen molar-refractivity contribution >= 4 is 19.6 Å². The molecule has 0 spiro atoms. The molecule has 0 bridgehead atoms. The van der Waals surface area contributed by atoms with Crippen LogP contribution in [0.1, 0.15) is 72.6 Å². The van der Waals surface area contributed by atoms with Gasteiger partial charge in [0.2, 0.25) is 0 Å². The van der Waals surface area contributed by atoms with Gasteiger partial charge in [-0.2, -0.15) is 8.42 Å². The molecule has 0 aromatic rings. The Hall–Kier alpha value is 0.127. The number of hydrogen-bond donors (Lipinski definition) is 0. The zero-order chi connectivity index (χ0) is 15.4. The van der Waals surface area contributed by atoms with E-state index < -0.39 is 10.1 Å². The summed E-state index contributed by atoms with van der Waals surface area (Å²) < 4.78 is 27.8. The largest absolute Gasteiger partial charge is 0.264 e. The SMILES string of the molecule is CCCCCCCC(C)(C)[SiH2]C1CC1(C)OS(C)(=O)=O. The summed E-state index contributed by atoms with van der Waals surface area (Å²) in [5.41, 5.74) is 0.155. The predicted molar refractivity (Wildman–Crippen MR) is 88.7 cm³/mol. The van der Waals surface area contributed by atoms with Crippen molar-refractivity contribution in [3.05, 3.63) is 0 Å². The third-order valence-corrected chi connectivity index (χ3v) is 8.24. The lowest BCUT2D eigenvalue weighted by Crippen LogP contribution is -2.21. The van der Waals surface area contributed by atoms with Crippen molar-refractivity contribution in [2.75, 3.05) is 6.26 Å². The maximum atomic E-state index is 11.3. The van der Waals surface area contributed by atoms with E-state index in [0.29, 0.717) is 10.6 Å². The van der Waals surface area contributed by atoms with Crippen molar-refractivity contribution in [2.24, 2.45) is 0 Å². The molecule has 0 amide bonds. The lowest BCUT2D eigenvalue weighted by atomic mass is 10.0. The second-order valence-corrected chi connectivity index (χ2v) is 12.4. The highest BCUT2D eigenvalue weighted by Gasteiger charge is 2.55. The van der Waals surface area contributed by atoms with Gasteiger partial charge in [-0.05, 0) is 23.9 Å². The normalized spacial score (nSPS) is 27.4. The first-order valence-corrected chi connectivity index (χ1v) is 11.3. The molecule has 0 aromatic carbocycles. The third kappa shape index (κ3) is 6.72. The molecule has 0 radical (unpaired) electrons. The van der Waals surface area contributed by atoms with E-state index in [1.54, 1.807) is 0 Å². The van der Waals surface area contributed by atoms with E-state index in [4.69, 9.17) is 4.18 Å². The van der Waals surface area contributed by atoms with Crippen LogP contribution < -0.4 is 0 Å². The van der Waals surface area contributed by atoms with Crippen molar-refractivity contribution in [2.45, 2.75) is 88.8 Å². The molecule has 120 valence electrons. The molecule has 2 atom stereocenters. The topological polar surface area (TPSA) is 43.4 Å². The molecule has 0 N–H and O–H groups in total. The Morgan fingerprint density at radius 1 is 1.25 bits per heavy atom. The highest BCUT2D eigenvalue weighted by atomic mass is 32.2. The number of hydrogen-bond acceptors (Lipinski definition) is 3. The molecule has 2 unspecified atom stereocenters. The van der Waals surface area contributed by atoms with Gasteiger partial charge in [0.05, 0.1) is 11.9 Å². The average Bonchev–Trinajstić information content (AvgIpc) is 2.83. The van der Waals surface area contributed by atoms with Crippen LogP contribution in [0.3, 0.4) is 0 Å². The minimum Gasteiger partial charge on any atom is -0.264 e. The van der Waals surface area contributed by atoms with E-state index in [-0.39, 0.29) is 15.1 Å². The van der Waals surface area contributed by atoms with Crippen molar-refractivity contribution in [1.29, 1.82) is 0 Å². The molecule has 1 saturated carbocycles. The standard InChI is InChI=1S/C15H32O3SSi/c1-6-7-8-9-10-11-14(2,3)20-13-12-15(13,4)18-19(5,16)17/h13H,6-12,20H2,1-5H3. The summed E-state index contributed by atoms with van der Waals surface area (Å²) in [7, 11) is -3.63. The van der Waals surface area contributed by atoms with E-state index in [9.17, 15) is 8.42 Å². The smallest absolute Gasteiger partial charge is 0.264 e. The summed E-state index contributed by atoms with van der Waals surface area (Å²) in [5.74, 6) is 0. The summed E-state index contributed by atoms with van der Waals surface area (Å²) in [5, 5.41) is 0.426. The van der Waals surface area contributed by atoms with Gasteiger partial charge in [-0.3, -0.25) is 4.18 Å². The second-order valence-electron chi connectivity index (χ2n) is 7.53. The van der Waals surface area contributed by atoms with Gasteiger partial charge >= 0.3 is 0 Å². The van der Waals surface area contributed by atoms with Gasteiger partial charge in [0.1, 0.15) is 0 Å². The summed E-state index contributed by atoms with van der Waals surface area (Å²) in [4.78, 5) is 0. The molecule has 1 aliphatic carbocycles. The first-order chi connectivity index (χ1) is 9.08. The van der Waals surface area contributed by atoms with Gasteiger partial charge in [0, 0.05) is 9.52 Å². The van der Waals surface area contributed by atoms with E-state index in [1.165, 1.54) is 38.5 Å². The van der Waals surface area contributed by atoms with E-state index in [1.807, 2.05) is 6.92 Å². The molecule has 1 rings (SSSR count). The lowest BCUT2D eigenvalue weighted by Gasteiger charge is -2.25. The van der Waals surface area contributed by atoms with Gasteiger partial charge in [0.25, 0.3) is 10.1 Å². The Morgan fingerprint density at radius 2 is 1.85 bits per heavy atom. The molecular formula is C15H32O3SSi. The van der Waals surface area contributed by atoms with E-state index in [0.717, 1.165) is 12.7 Å². The van der Waals surface area contributed by atoms with Crippen LogP contribution in [0.2, 0.25) is 10.6 Å². The van der Waals surface area contributed by atoms with Crippen LogP contribution >= 0.6 is 0 Å². The van der Waals surface area contributed by atoms with Crippen LogP contribution in [0.5, 0.6) is 0 Å². The summed E-state index contributed by atoms with van der Waals surface area (Å²) in [6.45, 7) is 8.92. The fraction of sp³-hybridized carbons (Fsp3) is 1.00. The second kappa shape index (κ2) is 6.92. The molecule has 20 heavy (non-hydrogen) atoms. The Bertz CT molecular complexity index is 405. The van der Waals surface area contributed by atoms with Crippen LogP contribution in [0, 0.1) is 0 Å². The summed E-state index contributed by atoms with van der Waals surface area (Å²) in [6, 6.07) is 0. The molecular weight excluding hydrogens is 288 g/mol. The minimum atomic E-state index is -3.31. The molecule has 5 heteroatoms. The molecule has 3 nitrogen and oxygen atoms in total.